The molecule has 0 aromatic heterocycles. The van der Waals surface area contributed by atoms with Crippen LogP contribution in [-0.2, 0) is 6.42 Å². The predicted molar refractivity (Wildman–Crippen MR) is 119 cm³/mol. The average molecular weight is 401 g/mol. The monoisotopic (exact) mass is 401 g/mol. The van der Waals surface area contributed by atoms with Gasteiger partial charge in [0.25, 0.3) is 5.91 Å². The second-order valence-corrected chi connectivity index (χ2v) is 7.22. The number of carbonyl (C=O) groups is 2. The lowest BCUT2D eigenvalue weighted by molar-refractivity contribution is 0.0989. The zero-order chi connectivity index (χ0) is 21.1. The van der Waals surface area contributed by atoms with Crippen molar-refractivity contribution in [1.82, 2.24) is 0 Å². The number of carbonyl (C=O) groups excluding carboxylic acids is 2. The van der Waals surface area contributed by atoms with Crippen LogP contribution in [0.1, 0.15) is 21.5 Å². The summed E-state index contributed by atoms with van der Waals surface area (Å²) in [5, 5.41) is 5.62. The summed E-state index contributed by atoms with van der Waals surface area (Å²) in [7, 11) is 1.59. The van der Waals surface area contributed by atoms with Crippen LogP contribution < -0.4 is 20.3 Å². The van der Waals surface area contributed by atoms with E-state index in [1.165, 1.54) is 0 Å². The minimum Gasteiger partial charge on any atom is -0.497 e. The summed E-state index contributed by atoms with van der Waals surface area (Å²) < 4.78 is 5.12. The summed E-state index contributed by atoms with van der Waals surface area (Å²) >= 11 is 0. The van der Waals surface area contributed by atoms with Crippen molar-refractivity contribution < 1.29 is 14.3 Å². The van der Waals surface area contributed by atoms with Crippen molar-refractivity contribution in [3.05, 3.63) is 83.4 Å². The van der Waals surface area contributed by atoms with Gasteiger partial charge in [0, 0.05) is 29.2 Å². The number of hydrogen-bond donors (Lipinski definition) is 2. The van der Waals surface area contributed by atoms with Crippen LogP contribution in [0.2, 0.25) is 0 Å². The highest BCUT2D eigenvalue weighted by molar-refractivity contribution is 6.08. The van der Waals surface area contributed by atoms with Crippen molar-refractivity contribution in [2.24, 2.45) is 0 Å². The minimum atomic E-state index is -0.352. The molecule has 3 aromatic carbocycles. The molecular weight excluding hydrogens is 378 g/mol. The van der Waals surface area contributed by atoms with Crippen LogP contribution in [0.5, 0.6) is 5.75 Å². The zero-order valence-electron chi connectivity index (χ0n) is 16.9. The summed E-state index contributed by atoms with van der Waals surface area (Å²) in [6, 6.07) is 20.0. The van der Waals surface area contributed by atoms with E-state index in [9.17, 15) is 9.59 Å². The highest BCUT2D eigenvalue weighted by Gasteiger charge is 2.26. The number of nitrogens with one attached hydrogen (secondary N) is 2. The first kappa shape index (κ1) is 19.5. The van der Waals surface area contributed by atoms with Crippen LogP contribution in [0.25, 0.3) is 0 Å². The van der Waals surface area contributed by atoms with Crippen LogP contribution in [0, 0.1) is 6.92 Å². The number of urea groups is 1. The largest absolute Gasteiger partial charge is 0.497 e. The Morgan fingerprint density at radius 3 is 2.27 bits per heavy atom. The lowest BCUT2D eigenvalue weighted by atomic mass is 10.1. The van der Waals surface area contributed by atoms with Crippen LogP contribution in [0.15, 0.2) is 66.7 Å². The summed E-state index contributed by atoms with van der Waals surface area (Å²) in [5.41, 5.74) is 4.99. The fraction of sp³-hybridized carbons (Fsp3) is 0.167. The van der Waals surface area contributed by atoms with E-state index >= 15 is 0 Å². The molecule has 0 saturated carbocycles. The Balaban J connectivity index is 1.47. The van der Waals surface area contributed by atoms with Crippen LogP contribution >= 0.6 is 0 Å². The second kappa shape index (κ2) is 8.29. The second-order valence-electron chi connectivity index (χ2n) is 7.22. The first-order valence-corrected chi connectivity index (χ1v) is 9.77. The van der Waals surface area contributed by atoms with Gasteiger partial charge < -0.3 is 20.3 Å². The highest BCUT2D eigenvalue weighted by atomic mass is 16.5. The lowest BCUT2D eigenvalue weighted by Gasteiger charge is -2.18. The maximum Gasteiger partial charge on any atom is 0.323 e. The average Bonchev–Trinajstić information content (AvgIpc) is 3.17. The molecule has 0 atom stereocenters. The molecule has 0 saturated heterocycles. The van der Waals surface area contributed by atoms with Gasteiger partial charge in [0.15, 0.2) is 0 Å². The number of rotatable bonds is 4. The van der Waals surface area contributed by atoms with Crippen LogP contribution in [-0.4, -0.2) is 25.6 Å². The minimum absolute atomic E-state index is 0.0337. The smallest absolute Gasteiger partial charge is 0.323 e. The molecule has 0 spiro atoms. The number of benzene rings is 3. The van der Waals surface area contributed by atoms with Crippen molar-refractivity contribution in [3.63, 3.8) is 0 Å². The first-order chi connectivity index (χ1) is 14.5. The molecule has 6 heteroatoms. The number of hydrogen-bond acceptors (Lipinski definition) is 3. The van der Waals surface area contributed by atoms with E-state index in [4.69, 9.17) is 4.74 Å². The van der Waals surface area contributed by atoms with E-state index in [-0.39, 0.29) is 11.9 Å². The molecule has 0 bridgehead atoms. The maximum atomic E-state index is 13.0. The summed E-state index contributed by atoms with van der Waals surface area (Å²) in [6.07, 6.45) is 0.797. The summed E-state index contributed by atoms with van der Waals surface area (Å²) in [4.78, 5) is 27.1. The molecule has 0 radical (unpaired) electrons. The van der Waals surface area contributed by atoms with Gasteiger partial charge in [0.05, 0.1) is 7.11 Å². The zero-order valence-corrected chi connectivity index (χ0v) is 16.9. The molecule has 3 amide bonds. The van der Waals surface area contributed by atoms with E-state index in [0.29, 0.717) is 23.5 Å². The fourth-order valence-electron chi connectivity index (χ4n) is 3.49. The van der Waals surface area contributed by atoms with Crippen molar-refractivity contribution in [2.45, 2.75) is 13.3 Å². The topological polar surface area (TPSA) is 70.7 Å². The Labute approximate surface area is 175 Å². The molecule has 0 unspecified atom stereocenters. The molecule has 2 N–H and O–H groups in total. The van der Waals surface area contributed by atoms with Crippen molar-refractivity contribution in [3.8, 4) is 5.75 Å². The normalized spacial score (nSPS) is 12.3. The van der Waals surface area contributed by atoms with Crippen molar-refractivity contribution in [1.29, 1.82) is 0 Å². The van der Waals surface area contributed by atoms with Gasteiger partial charge in [-0.05, 0) is 67.4 Å². The molecule has 3 aromatic rings. The van der Waals surface area contributed by atoms with Gasteiger partial charge in [-0.3, -0.25) is 4.79 Å². The molecule has 4 rings (SSSR count). The number of nitrogens with zero attached hydrogens (tertiary/aromatic N) is 1. The maximum absolute atomic E-state index is 13.0. The molecule has 0 fully saturated rings. The van der Waals surface area contributed by atoms with E-state index in [2.05, 4.69) is 10.6 Å². The van der Waals surface area contributed by atoms with Gasteiger partial charge in [-0.2, -0.15) is 0 Å². The number of aryl methyl sites for hydroxylation is 1. The molecule has 6 nitrogen and oxygen atoms in total. The van der Waals surface area contributed by atoms with Gasteiger partial charge in [-0.1, -0.05) is 23.8 Å². The Morgan fingerprint density at radius 1 is 0.900 bits per heavy atom. The number of amides is 3. The van der Waals surface area contributed by atoms with E-state index < -0.39 is 0 Å². The lowest BCUT2D eigenvalue weighted by Crippen LogP contribution is -2.29. The highest BCUT2D eigenvalue weighted by Crippen LogP contribution is 2.32. The summed E-state index contributed by atoms with van der Waals surface area (Å²) in [6.45, 7) is 2.62. The third-order valence-electron chi connectivity index (χ3n) is 5.13. The standard InChI is InChI=1S/C24H23N3O3/c1-16-3-5-18(6-4-16)23(28)27-14-13-17-7-8-20(15-22(17)27)26-24(29)25-19-9-11-21(30-2)12-10-19/h3-12,15H,13-14H2,1-2H3,(H2,25,26,29). The first-order valence-electron chi connectivity index (χ1n) is 9.77. The molecule has 30 heavy (non-hydrogen) atoms. The molecule has 1 heterocycles. The Morgan fingerprint density at radius 2 is 1.57 bits per heavy atom. The molecule has 152 valence electrons. The van der Waals surface area contributed by atoms with Gasteiger partial charge in [0.2, 0.25) is 0 Å². The Bertz CT molecular complexity index is 1080. The van der Waals surface area contributed by atoms with Gasteiger partial charge in [-0.15, -0.1) is 0 Å². The van der Waals surface area contributed by atoms with Gasteiger partial charge >= 0.3 is 6.03 Å². The van der Waals surface area contributed by atoms with Gasteiger partial charge in [0.1, 0.15) is 5.75 Å². The van der Waals surface area contributed by atoms with Crippen LogP contribution in [0.4, 0.5) is 21.9 Å². The third-order valence-corrected chi connectivity index (χ3v) is 5.13. The SMILES string of the molecule is COc1ccc(NC(=O)Nc2ccc3c(c2)N(C(=O)c2ccc(C)cc2)CC3)cc1. The number of ether oxygens (including phenoxy) is 1. The molecule has 0 aliphatic carbocycles. The third kappa shape index (κ3) is 4.12. The van der Waals surface area contributed by atoms with E-state index in [1.54, 1.807) is 36.3 Å². The Kier molecular flexibility index (Phi) is 5.39. The van der Waals surface area contributed by atoms with Crippen molar-refractivity contribution in [2.75, 3.05) is 29.2 Å². The van der Waals surface area contributed by atoms with Crippen LogP contribution in [0.3, 0.4) is 0 Å². The van der Waals surface area contributed by atoms with Crippen molar-refractivity contribution >= 4 is 29.0 Å². The fourth-order valence-corrected chi connectivity index (χ4v) is 3.49. The summed E-state index contributed by atoms with van der Waals surface area (Å²) in [5.74, 6) is 0.687. The molecule has 1 aliphatic rings. The molecule has 1 aliphatic heterocycles. The number of fused-ring (bicyclic) bond motifs is 1. The number of methoxy groups -OCH3 is 1. The predicted octanol–water partition coefficient (Wildman–Crippen LogP) is 4.85. The number of anilines is 3. The van der Waals surface area contributed by atoms with E-state index in [0.717, 1.165) is 29.0 Å². The molecular formula is C24H23N3O3. The van der Waals surface area contributed by atoms with Gasteiger partial charge in [-0.25, -0.2) is 4.79 Å². The quantitative estimate of drug-likeness (QED) is 0.656. The van der Waals surface area contributed by atoms with E-state index in [1.807, 2.05) is 49.4 Å². The Hall–Kier alpha value is -3.80.